The summed E-state index contributed by atoms with van der Waals surface area (Å²) in [6.45, 7) is 1.81. The molecule has 0 aromatic heterocycles. The van der Waals surface area contributed by atoms with Crippen LogP contribution in [0.2, 0.25) is 0 Å². The van der Waals surface area contributed by atoms with Crippen molar-refractivity contribution in [1.29, 1.82) is 0 Å². The molecule has 2 unspecified atom stereocenters. The van der Waals surface area contributed by atoms with Crippen molar-refractivity contribution >= 4 is 0 Å². The molecule has 12 heavy (non-hydrogen) atoms. The standard InChI is InChI=1S/C9H15NO.Eu/c1-7(10)9(11)8-5-3-2-4-6-8;/h3,5-7,9,11H,2,4,10H2,1H3;. The normalized spacial score (nSPS) is 20.8. The molecular formula is C9H15EuNO. The van der Waals surface area contributed by atoms with Gasteiger partial charge in [-0.3, -0.25) is 0 Å². The van der Waals surface area contributed by atoms with Crippen LogP contribution in [0.1, 0.15) is 19.8 Å². The Hall–Kier alpha value is 0.984. The monoisotopic (exact) mass is 306 g/mol. The average molecular weight is 305 g/mol. The van der Waals surface area contributed by atoms with Crippen molar-refractivity contribution in [3.63, 3.8) is 0 Å². The van der Waals surface area contributed by atoms with E-state index in [0.29, 0.717) is 0 Å². The van der Waals surface area contributed by atoms with E-state index in [-0.39, 0.29) is 55.4 Å². The van der Waals surface area contributed by atoms with E-state index in [9.17, 15) is 5.11 Å². The Kier molecular flexibility index (Phi) is 6.97. The van der Waals surface area contributed by atoms with Gasteiger partial charge in [0.1, 0.15) is 0 Å². The number of allylic oxidation sites excluding steroid dienone is 2. The Balaban J connectivity index is 0.00000121. The second-order valence-electron chi connectivity index (χ2n) is 2.99. The first kappa shape index (κ1) is 13.0. The van der Waals surface area contributed by atoms with E-state index in [0.717, 1.165) is 18.4 Å². The first-order valence-corrected chi connectivity index (χ1v) is 4.02. The maximum atomic E-state index is 9.51. The number of rotatable bonds is 2. The van der Waals surface area contributed by atoms with Crippen molar-refractivity contribution in [2.75, 3.05) is 0 Å². The van der Waals surface area contributed by atoms with E-state index in [1.54, 1.807) is 0 Å². The van der Waals surface area contributed by atoms with Crippen molar-refractivity contribution in [3.05, 3.63) is 23.8 Å². The fourth-order valence-corrected chi connectivity index (χ4v) is 1.16. The van der Waals surface area contributed by atoms with E-state index in [1.807, 2.05) is 19.1 Å². The third-order valence-electron chi connectivity index (χ3n) is 1.86. The summed E-state index contributed by atoms with van der Waals surface area (Å²) in [6.07, 6.45) is 7.68. The zero-order chi connectivity index (χ0) is 8.27. The SMILES string of the molecule is CC(N)C(O)C1=CCCC=C1.[Eu]. The van der Waals surface area contributed by atoms with Crippen LogP contribution in [0.3, 0.4) is 0 Å². The van der Waals surface area contributed by atoms with E-state index in [4.69, 9.17) is 5.73 Å². The van der Waals surface area contributed by atoms with Crippen LogP contribution in [0.15, 0.2) is 23.8 Å². The minimum Gasteiger partial charge on any atom is -0.387 e. The number of hydrogen-bond acceptors (Lipinski definition) is 2. The first-order valence-electron chi connectivity index (χ1n) is 4.02. The Morgan fingerprint density at radius 2 is 2.17 bits per heavy atom. The summed E-state index contributed by atoms with van der Waals surface area (Å²) in [4.78, 5) is 0. The molecule has 0 aromatic rings. The third-order valence-corrected chi connectivity index (χ3v) is 1.86. The number of hydrogen-bond donors (Lipinski definition) is 2. The average Bonchev–Trinajstić information content (AvgIpc) is 2.05. The molecule has 3 heteroatoms. The molecule has 1 radical (unpaired) electrons. The van der Waals surface area contributed by atoms with Gasteiger partial charge in [-0.15, -0.1) is 0 Å². The molecule has 2 nitrogen and oxygen atoms in total. The van der Waals surface area contributed by atoms with Crippen LogP contribution >= 0.6 is 0 Å². The van der Waals surface area contributed by atoms with Crippen molar-refractivity contribution in [3.8, 4) is 0 Å². The maximum Gasteiger partial charge on any atom is 0.0934 e. The van der Waals surface area contributed by atoms with Crippen LogP contribution in [-0.2, 0) is 0 Å². The van der Waals surface area contributed by atoms with E-state index in [1.165, 1.54) is 0 Å². The quantitative estimate of drug-likeness (QED) is 0.798. The molecule has 0 saturated heterocycles. The minimum atomic E-state index is -0.494. The minimum absolute atomic E-state index is 0. The molecular weight excluding hydrogens is 290 g/mol. The van der Waals surface area contributed by atoms with Gasteiger partial charge < -0.3 is 10.8 Å². The second-order valence-corrected chi connectivity index (χ2v) is 2.99. The van der Waals surface area contributed by atoms with Gasteiger partial charge in [0.15, 0.2) is 0 Å². The van der Waals surface area contributed by atoms with Gasteiger partial charge in [0.25, 0.3) is 0 Å². The summed E-state index contributed by atoms with van der Waals surface area (Å²) in [5.74, 6) is 0. The van der Waals surface area contributed by atoms with E-state index in [2.05, 4.69) is 6.08 Å². The Morgan fingerprint density at radius 1 is 1.50 bits per heavy atom. The van der Waals surface area contributed by atoms with Crippen LogP contribution in [0.4, 0.5) is 0 Å². The van der Waals surface area contributed by atoms with Crippen LogP contribution in [0, 0.1) is 49.4 Å². The molecule has 1 aliphatic carbocycles. The van der Waals surface area contributed by atoms with Gasteiger partial charge in [0.2, 0.25) is 0 Å². The van der Waals surface area contributed by atoms with Gasteiger partial charge in [-0.05, 0) is 25.3 Å². The second kappa shape index (κ2) is 6.44. The molecule has 0 heterocycles. The Bertz CT molecular complexity index is 187. The topological polar surface area (TPSA) is 46.2 Å². The summed E-state index contributed by atoms with van der Waals surface area (Å²) in [7, 11) is 0. The summed E-state index contributed by atoms with van der Waals surface area (Å²) in [6, 6.07) is -0.177. The Labute approximate surface area is 114 Å². The first-order chi connectivity index (χ1) is 5.22. The van der Waals surface area contributed by atoms with Gasteiger partial charge in [0.05, 0.1) is 6.10 Å². The van der Waals surface area contributed by atoms with E-state index < -0.39 is 6.10 Å². The molecule has 1 aliphatic rings. The molecule has 2 atom stereocenters. The summed E-state index contributed by atoms with van der Waals surface area (Å²) < 4.78 is 0. The fraction of sp³-hybridized carbons (Fsp3) is 0.556. The molecule has 0 saturated carbocycles. The van der Waals surface area contributed by atoms with Crippen LogP contribution in [-0.4, -0.2) is 17.3 Å². The van der Waals surface area contributed by atoms with Gasteiger partial charge >= 0.3 is 0 Å². The molecule has 3 N–H and O–H groups in total. The van der Waals surface area contributed by atoms with Crippen molar-refractivity contribution < 1.29 is 54.5 Å². The third kappa shape index (κ3) is 3.80. The number of aliphatic hydroxyl groups excluding tert-OH is 1. The van der Waals surface area contributed by atoms with Crippen LogP contribution in [0.5, 0.6) is 0 Å². The molecule has 0 aliphatic heterocycles. The van der Waals surface area contributed by atoms with Gasteiger partial charge in [0, 0.05) is 55.4 Å². The van der Waals surface area contributed by atoms with Crippen molar-refractivity contribution in [2.45, 2.75) is 31.9 Å². The molecule has 0 amide bonds. The number of nitrogens with two attached hydrogens (primary N) is 1. The Morgan fingerprint density at radius 3 is 2.58 bits per heavy atom. The smallest absolute Gasteiger partial charge is 0.0934 e. The molecule has 0 bridgehead atoms. The molecule has 0 aromatic carbocycles. The molecule has 1 rings (SSSR count). The molecule has 0 spiro atoms. The van der Waals surface area contributed by atoms with Crippen molar-refractivity contribution in [2.24, 2.45) is 5.73 Å². The molecule has 0 fully saturated rings. The van der Waals surface area contributed by atoms with Gasteiger partial charge in [-0.1, -0.05) is 18.2 Å². The zero-order valence-corrected chi connectivity index (χ0v) is 9.63. The van der Waals surface area contributed by atoms with Crippen LogP contribution in [0.25, 0.3) is 0 Å². The fourth-order valence-electron chi connectivity index (χ4n) is 1.16. The van der Waals surface area contributed by atoms with Gasteiger partial charge in [-0.25, -0.2) is 0 Å². The number of aliphatic hydroxyl groups is 1. The molecule has 69 valence electrons. The predicted molar refractivity (Wildman–Crippen MR) is 46.1 cm³/mol. The summed E-state index contributed by atoms with van der Waals surface area (Å²) in [5, 5.41) is 9.51. The largest absolute Gasteiger partial charge is 0.387 e. The predicted octanol–water partition coefficient (Wildman–Crippen LogP) is 0.971. The van der Waals surface area contributed by atoms with Crippen molar-refractivity contribution in [1.82, 2.24) is 0 Å². The zero-order valence-electron chi connectivity index (χ0n) is 7.20. The van der Waals surface area contributed by atoms with Gasteiger partial charge in [-0.2, -0.15) is 0 Å². The maximum absolute atomic E-state index is 9.51. The van der Waals surface area contributed by atoms with Crippen LogP contribution < -0.4 is 5.73 Å². The van der Waals surface area contributed by atoms with E-state index >= 15 is 0 Å². The summed E-state index contributed by atoms with van der Waals surface area (Å²) in [5.41, 5.74) is 6.51. The summed E-state index contributed by atoms with van der Waals surface area (Å²) >= 11 is 0.